The fourth-order valence-corrected chi connectivity index (χ4v) is 1.52. The zero-order valence-electron chi connectivity index (χ0n) is 8.99. The summed E-state index contributed by atoms with van der Waals surface area (Å²) in [5.41, 5.74) is -0.134. The number of rotatable bonds is 4. The van der Waals surface area contributed by atoms with Crippen LogP contribution in [0.2, 0.25) is 0 Å². The van der Waals surface area contributed by atoms with Gasteiger partial charge in [0.25, 0.3) is 0 Å². The molecular weight excluding hydrogens is 346 g/mol. The lowest BCUT2D eigenvalue weighted by atomic mass is 9.98. The largest absolute Gasteiger partial charge is 0.490 e. The minimum Gasteiger partial charge on any atom is -0.490 e. The number of hydrogen-bond donors (Lipinski definition) is 0. The normalized spacial score (nSPS) is 11.6. The molecule has 1 aromatic rings. The van der Waals surface area contributed by atoms with Crippen LogP contribution in [0.25, 0.3) is 0 Å². The minimum atomic E-state index is -0.950. The highest BCUT2D eigenvalue weighted by Crippen LogP contribution is 2.27. The lowest BCUT2D eigenvalue weighted by Gasteiger charge is -2.22. The van der Waals surface area contributed by atoms with E-state index in [0.717, 1.165) is 11.4 Å². The molecule has 90 valence electrons. The standard InChI is InChI=1S/C11H12Br2F2O/c1-11(2,5-12)6-16-9-4-7(13)3-8(14)10(9)15/h3-4H,5-6H2,1-2H3. The van der Waals surface area contributed by atoms with E-state index in [1.165, 1.54) is 6.07 Å². The molecule has 16 heavy (non-hydrogen) atoms. The maximum atomic E-state index is 13.3. The Balaban J connectivity index is 2.82. The van der Waals surface area contributed by atoms with E-state index >= 15 is 0 Å². The highest BCUT2D eigenvalue weighted by Gasteiger charge is 2.19. The second-order valence-electron chi connectivity index (χ2n) is 4.29. The molecule has 0 aliphatic carbocycles. The van der Waals surface area contributed by atoms with E-state index in [0.29, 0.717) is 11.1 Å². The summed E-state index contributed by atoms with van der Waals surface area (Å²) in [6.07, 6.45) is 0. The number of benzene rings is 1. The van der Waals surface area contributed by atoms with Crippen molar-refractivity contribution >= 4 is 31.9 Å². The van der Waals surface area contributed by atoms with Crippen LogP contribution < -0.4 is 4.74 Å². The molecule has 1 aromatic carbocycles. The molecule has 0 saturated heterocycles. The molecule has 0 aliphatic heterocycles. The van der Waals surface area contributed by atoms with Gasteiger partial charge in [0, 0.05) is 15.2 Å². The van der Waals surface area contributed by atoms with E-state index in [4.69, 9.17) is 4.74 Å². The summed E-state index contributed by atoms with van der Waals surface area (Å²) in [4.78, 5) is 0. The first-order chi connectivity index (χ1) is 7.35. The van der Waals surface area contributed by atoms with Crippen molar-refractivity contribution in [2.24, 2.45) is 5.41 Å². The van der Waals surface area contributed by atoms with Crippen LogP contribution in [0.4, 0.5) is 8.78 Å². The van der Waals surface area contributed by atoms with E-state index in [1.807, 2.05) is 13.8 Å². The molecule has 0 aromatic heterocycles. The van der Waals surface area contributed by atoms with Gasteiger partial charge in [0.15, 0.2) is 11.6 Å². The maximum absolute atomic E-state index is 13.3. The van der Waals surface area contributed by atoms with Crippen molar-refractivity contribution in [1.29, 1.82) is 0 Å². The predicted octanol–water partition coefficient (Wildman–Crippen LogP) is 4.53. The quantitative estimate of drug-likeness (QED) is 0.568. The molecule has 0 bridgehead atoms. The molecule has 1 rings (SSSR count). The smallest absolute Gasteiger partial charge is 0.200 e. The summed E-state index contributed by atoms with van der Waals surface area (Å²) in [6.45, 7) is 4.24. The van der Waals surface area contributed by atoms with Crippen LogP contribution in [0.3, 0.4) is 0 Å². The van der Waals surface area contributed by atoms with Gasteiger partial charge in [-0.15, -0.1) is 0 Å². The van der Waals surface area contributed by atoms with Crippen molar-refractivity contribution in [3.63, 3.8) is 0 Å². The number of alkyl halides is 1. The average molecular weight is 358 g/mol. The van der Waals surface area contributed by atoms with Gasteiger partial charge in [-0.2, -0.15) is 4.39 Å². The van der Waals surface area contributed by atoms with Gasteiger partial charge < -0.3 is 4.74 Å². The Labute approximate surface area is 110 Å². The second-order valence-corrected chi connectivity index (χ2v) is 5.76. The zero-order valence-corrected chi connectivity index (χ0v) is 12.2. The molecule has 0 fully saturated rings. The highest BCUT2D eigenvalue weighted by atomic mass is 79.9. The molecule has 0 aliphatic rings. The van der Waals surface area contributed by atoms with Crippen LogP contribution in [-0.4, -0.2) is 11.9 Å². The minimum absolute atomic E-state index is 0.0686. The van der Waals surface area contributed by atoms with E-state index < -0.39 is 11.6 Å². The summed E-state index contributed by atoms with van der Waals surface area (Å²) in [5.74, 6) is -1.93. The Morgan fingerprint density at radius 3 is 2.50 bits per heavy atom. The first-order valence-corrected chi connectivity index (χ1v) is 6.60. The lowest BCUT2D eigenvalue weighted by Crippen LogP contribution is -2.23. The monoisotopic (exact) mass is 356 g/mol. The Morgan fingerprint density at radius 1 is 1.31 bits per heavy atom. The highest BCUT2D eigenvalue weighted by molar-refractivity contribution is 9.10. The van der Waals surface area contributed by atoms with Crippen LogP contribution in [-0.2, 0) is 0 Å². The number of halogens is 4. The first kappa shape index (κ1) is 13.9. The molecule has 0 N–H and O–H groups in total. The Kier molecular flexibility index (Phi) is 4.73. The number of ether oxygens (including phenoxy) is 1. The van der Waals surface area contributed by atoms with Crippen molar-refractivity contribution in [1.82, 2.24) is 0 Å². The van der Waals surface area contributed by atoms with E-state index in [1.54, 1.807) is 0 Å². The summed E-state index contributed by atoms with van der Waals surface area (Å²) in [5, 5.41) is 0.720. The van der Waals surface area contributed by atoms with Gasteiger partial charge in [-0.05, 0) is 12.1 Å². The molecule has 0 spiro atoms. The summed E-state index contributed by atoms with van der Waals surface area (Å²) in [6, 6.07) is 2.49. The molecule has 0 heterocycles. The summed E-state index contributed by atoms with van der Waals surface area (Å²) in [7, 11) is 0. The lowest BCUT2D eigenvalue weighted by molar-refractivity contribution is 0.194. The van der Waals surface area contributed by atoms with Crippen molar-refractivity contribution < 1.29 is 13.5 Å². The molecular formula is C11H12Br2F2O. The molecule has 0 atom stereocenters. The first-order valence-electron chi connectivity index (χ1n) is 4.69. The fourth-order valence-electron chi connectivity index (χ4n) is 0.949. The fraction of sp³-hybridized carbons (Fsp3) is 0.455. The third-order valence-corrected chi connectivity index (χ3v) is 3.92. The average Bonchev–Trinajstić information content (AvgIpc) is 2.21. The molecule has 5 heteroatoms. The Bertz CT molecular complexity index is 380. The van der Waals surface area contributed by atoms with E-state index in [-0.39, 0.29) is 11.2 Å². The SMILES string of the molecule is CC(C)(CBr)COc1cc(Br)cc(F)c1F. The van der Waals surface area contributed by atoms with Crippen LogP contribution in [0.5, 0.6) is 5.75 Å². The third-order valence-electron chi connectivity index (χ3n) is 1.94. The van der Waals surface area contributed by atoms with Gasteiger partial charge in [0.2, 0.25) is 5.82 Å². The van der Waals surface area contributed by atoms with E-state index in [2.05, 4.69) is 31.9 Å². The topological polar surface area (TPSA) is 9.23 Å². The van der Waals surface area contributed by atoms with Gasteiger partial charge in [-0.3, -0.25) is 0 Å². The van der Waals surface area contributed by atoms with Crippen molar-refractivity contribution in [2.45, 2.75) is 13.8 Å². The Morgan fingerprint density at radius 2 is 1.94 bits per heavy atom. The summed E-state index contributed by atoms with van der Waals surface area (Å²) < 4.78 is 32.1. The maximum Gasteiger partial charge on any atom is 0.200 e. The summed E-state index contributed by atoms with van der Waals surface area (Å²) >= 11 is 6.42. The van der Waals surface area contributed by atoms with Crippen molar-refractivity contribution in [2.75, 3.05) is 11.9 Å². The molecule has 1 nitrogen and oxygen atoms in total. The second kappa shape index (κ2) is 5.45. The zero-order chi connectivity index (χ0) is 12.3. The molecule has 0 saturated carbocycles. The van der Waals surface area contributed by atoms with Crippen LogP contribution in [0, 0.1) is 17.0 Å². The Hall–Kier alpha value is -0.160. The van der Waals surface area contributed by atoms with Crippen molar-refractivity contribution in [3.05, 3.63) is 28.2 Å². The van der Waals surface area contributed by atoms with Gasteiger partial charge in [0.1, 0.15) is 0 Å². The van der Waals surface area contributed by atoms with Crippen molar-refractivity contribution in [3.8, 4) is 5.75 Å². The molecule has 0 unspecified atom stereocenters. The van der Waals surface area contributed by atoms with Gasteiger partial charge in [-0.25, -0.2) is 4.39 Å². The molecule has 0 amide bonds. The van der Waals surface area contributed by atoms with Crippen LogP contribution >= 0.6 is 31.9 Å². The van der Waals surface area contributed by atoms with Gasteiger partial charge >= 0.3 is 0 Å². The van der Waals surface area contributed by atoms with Crippen LogP contribution in [0.1, 0.15) is 13.8 Å². The van der Waals surface area contributed by atoms with Crippen LogP contribution in [0.15, 0.2) is 16.6 Å². The predicted molar refractivity (Wildman–Crippen MR) is 67.1 cm³/mol. The third kappa shape index (κ3) is 3.70. The van der Waals surface area contributed by atoms with Gasteiger partial charge in [0.05, 0.1) is 6.61 Å². The number of hydrogen-bond acceptors (Lipinski definition) is 1. The molecule has 0 radical (unpaired) electrons. The van der Waals surface area contributed by atoms with E-state index in [9.17, 15) is 8.78 Å². The van der Waals surface area contributed by atoms with Gasteiger partial charge in [-0.1, -0.05) is 45.7 Å².